The molecule has 1 unspecified atom stereocenters. The van der Waals surface area contributed by atoms with Crippen LogP contribution >= 0.6 is 0 Å². The van der Waals surface area contributed by atoms with Crippen molar-refractivity contribution in [2.75, 3.05) is 19.6 Å². The van der Waals surface area contributed by atoms with E-state index in [4.69, 9.17) is 4.84 Å². The van der Waals surface area contributed by atoms with Crippen LogP contribution in [0.1, 0.15) is 37.2 Å². The van der Waals surface area contributed by atoms with Gasteiger partial charge in [-0.1, -0.05) is 25.1 Å². The first-order chi connectivity index (χ1) is 11.5. The van der Waals surface area contributed by atoms with Crippen molar-refractivity contribution in [2.24, 2.45) is 11.1 Å². The molecule has 0 bridgehead atoms. The highest BCUT2D eigenvalue weighted by atomic mass is 16.7. The summed E-state index contributed by atoms with van der Waals surface area (Å²) >= 11 is 0. The third kappa shape index (κ3) is 3.39. The van der Waals surface area contributed by atoms with Crippen LogP contribution in [0.2, 0.25) is 0 Å². The third-order valence-electron chi connectivity index (χ3n) is 4.26. The second kappa shape index (κ2) is 6.59. The summed E-state index contributed by atoms with van der Waals surface area (Å²) in [6, 6.07) is 5.26. The van der Waals surface area contributed by atoms with Gasteiger partial charge in [0.25, 0.3) is 11.8 Å². The Labute approximate surface area is 141 Å². The Hall–Kier alpha value is -2.44. The predicted octanol–water partition coefficient (Wildman–Crippen LogP) is 1.21. The number of pyridine rings is 1. The number of nitrogens with zero attached hydrogens (tertiary/aromatic N) is 3. The van der Waals surface area contributed by atoms with E-state index >= 15 is 0 Å². The summed E-state index contributed by atoms with van der Waals surface area (Å²) in [5.41, 5.74) is 0.251. The molecule has 1 atom stereocenters. The lowest BCUT2D eigenvalue weighted by atomic mass is 9.96. The Balaban J connectivity index is 1.58. The van der Waals surface area contributed by atoms with Gasteiger partial charge in [-0.3, -0.25) is 14.6 Å². The number of oxime groups is 1. The number of hydrogen-bond acceptors (Lipinski definition) is 5. The number of carbonyl (C=O) groups is 2. The van der Waals surface area contributed by atoms with Crippen LogP contribution in [-0.4, -0.2) is 52.6 Å². The van der Waals surface area contributed by atoms with E-state index in [9.17, 15) is 9.59 Å². The van der Waals surface area contributed by atoms with Gasteiger partial charge in [-0.25, -0.2) is 0 Å². The van der Waals surface area contributed by atoms with Gasteiger partial charge in [-0.15, -0.1) is 0 Å². The molecule has 7 heteroatoms. The molecule has 3 heterocycles. The Kier molecular flexibility index (Phi) is 4.51. The lowest BCUT2D eigenvalue weighted by Crippen LogP contribution is -2.39. The average Bonchev–Trinajstić information content (AvgIpc) is 3.20. The molecule has 1 aromatic rings. The van der Waals surface area contributed by atoms with E-state index in [-0.39, 0.29) is 11.8 Å². The molecule has 0 aromatic carbocycles. The van der Waals surface area contributed by atoms with Crippen molar-refractivity contribution in [3.8, 4) is 0 Å². The molecule has 1 N–H and O–H groups in total. The van der Waals surface area contributed by atoms with Crippen molar-refractivity contribution in [3.63, 3.8) is 0 Å². The zero-order chi connectivity index (χ0) is 17.2. The molecule has 1 aromatic heterocycles. The van der Waals surface area contributed by atoms with E-state index < -0.39 is 5.60 Å². The van der Waals surface area contributed by atoms with E-state index in [0.29, 0.717) is 49.8 Å². The number of carbonyl (C=O) groups excluding carboxylic acids is 2. The average molecular weight is 330 g/mol. The van der Waals surface area contributed by atoms with Crippen molar-refractivity contribution in [1.29, 1.82) is 0 Å². The molecule has 2 aliphatic heterocycles. The lowest BCUT2D eigenvalue weighted by molar-refractivity contribution is -0.115. The Bertz CT molecular complexity index is 659. The molecule has 2 amide bonds. The van der Waals surface area contributed by atoms with E-state index in [2.05, 4.69) is 15.5 Å². The van der Waals surface area contributed by atoms with Crippen LogP contribution in [0, 0.1) is 5.92 Å². The van der Waals surface area contributed by atoms with Crippen LogP contribution in [0.15, 0.2) is 29.6 Å². The molecule has 0 saturated carbocycles. The van der Waals surface area contributed by atoms with Gasteiger partial charge in [-0.2, -0.15) is 0 Å². The maximum Gasteiger partial charge on any atom is 0.272 e. The van der Waals surface area contributed by atoms with Crippen molar-refractivity contribution in [2.45, 2.75) is 32.3 Å². The van der Waals surface area contributed by atoms with E-state index in [1.807, 2.05) is 13.8 Å². The highest BCUT2D eigenvalue weighted by Crippen LogP contribution is 2.34. The number of amides is 2. The van der Waals surface area contributed by atoms with Crippen LogP contribution in [0.3, 0.4) is 0 Å². The van der Waals surface area contributed by atoms with E-state index in [1.165, 1.54) is 0 Å². The zero-order valence-corrected chi connectivity index (χ0v) is 14.0. The number of nitrogens with one attached hydrogen (secondary N) is 1. The molecule has 0 radical (unpaired) electrons. The fourth-order valence-corrected chi connectivity index (χ4v) is 2.93. The van der Waals surface area contributed by atoms with Gasteiger partial charge in [0, 0.05) is 32.1 Å². The van der Waals surface area contributed by atoms with Crippen molar-refractivity contribution >= 4 is 17.5 Å². The summed E-state index contributed by atoms with van der Waals surface area (Å²) in [4.78, 5) is 36.0. The van der Waals surface area contributed by atoms with Crippen LogP contribution < -0.4 is 5.32 Å². The maximum atomic E-state index is 12.5. The molecular formula is C17H22N4O3. The first kappa shape index (κ1) is 16.4. The van der Waals surface area contributed by atoms with E-state index in [0.717, 1.165) is 0 Å². The second-order valence-electron chi connectivity index (χ2n) is 6.78. The van der Waals surface area contributed by atoms with Crippen LogP contribution in [0.5, 0.6) is 0 Å². The van der Waals surface area contributed by atoms with Gasteiger partial charge in [-0.05, 0) is 18.1 Å². The summed E-state index contributed by atoms with van der Waals surface area (Å²) in [6.07, 6.45) is 2.70. The molecule has 1 saturated heterocycles. The number of aromatic nitrogens is 1. The minimum absolute atomic E-state index is 0.117. The minimum atomic E-state index is -0.574. The van der Waals surface area contributed by atoms with Gasteiger partial charge < -0.3 is 15.1 Å². The normalized spacial score (nSPS) is 22.6. The molecule has 0 aliphatic carbocycles. The first-order valence-electron chi connectivity index (χ1n) is 8.23. The Morgan fingerprint density at radius 2 is 2.25 bits per heavy atom. The molecule has 1 fully saturated rings. The van der Waals surface area contributed by atoms with Gasteiger partial charge in [0.1, 0.15) is 11.4 Å². The smallest absolute Gasteiger partial charge is 0.272 e. The van der Waals surface area contributed by atoms with E-state index in [1.54, 1.807) is 29.3 Å². The largest absolute Gasteiger partial charge is 0.386 e. The van der Waals surface area contributed by atoms with Crippen molar-refractivity contribution < 1.29 is 14.4 Å². The second-order valence-corrected chi connectivity index (χ2v) is 6.78. The highest BCUT2D eigenvalue weighted by molar-refractivity contribution is 6.39. The minimum Gasteiger partial charge on any atom is -0.386 e. The summed E-state index contributed by atoms with van der Waals surface area (Å²) in [6.45, 7) is 5.67. The van der Waals surface area contributed by atoms with Gasteiger partial charge in [0.15, 0.2) is 5.60 Å². The third-order valence-corrected chi connectivity index (χ3v) is 4.26. The topological polar surface area (TPSA) is 83.9 Å². The first-order valence-corrected chi connectivity index (χ1v) is 8.23. The summed E-state index contributed by atoms with van der Waals surface area (Å²) < 4.78 is 0. The van der Waals surface area contributed by atoms with Crippen LogP contribution in [-0.2, 0) is 9.63 Å². The van der Waals surface area contributed by atoms with Crippen molar-refractivity contribution in [1.82, 2.24) is 15.2 Å². The van der Waals surface area contributed by atoms with Crippen molar-refractivity contribution in [3.05, 3.63) is 30.1 Å². The molecular weight excluding hydrogens is 308 g/mol. The predicted molar refractivity (Wildman–Crippen MR) is 88.5 cm³/mol. The molecule has 1 spiro atoms. The number of hydrogen-bond donors (Lipinski definition) is 1. The quantitative estimate of drug-likeness (QED) is 0.899. The Morgan fingerprint density at radius 3 is 2.96 bits per heavy atom. The molecule has 2 aliphatic rings. The molecule has 3 rings (SSSR count). The standard InChI is InChI=1S/C17H22N4O3/c1-12(2)10-19-15(22)14-9-17(24-20-14)6-8-21(11-17)16(23)13-5-3-4-7-18-13/h3-5,7,12H,6,8-11H2,1-2H3,(H,19,22). The zero-order valence-electron chi connectivity index (χ0n) is 14.0. The van der Waals surface area contributed by atoms with Gasteiger partial charge in [0.2, 0.25) is 0 Å². The van der Waals surface area contributed by atoms with Crippen LogP contribution in [0.4, 0.5) is 0 Å². The molecule has 7 nitrogen and oxygen atoms in total. The SMILES string of the molecule is CC(C)CNC(=O)C1=NOC2(CCN(C(=O)c3ccccn3)C2)C1. The maximum absolute atomic E-state index is 12.5. The summed E-state index contributed by atoms with van der Waals surface area (Å²) in [5, 5.41) is 6.82. The van der Waals surface area contributed by atoms with Crippen LogP contribution in [0.25, 0.3) is 0 Å². The summed E-state index contributed by atoms with van der Waals surface area (Å²) in [5.74, 6) is 0.0765. The number of rotatable bonds is 4. The fourth-order valence-electron chi connectivity index (χ4n) is 2.93. The highest BCUT2D eigenvalue weighted by Gasteiger charge is 2.48. The molecule has 24 heavy (non-hydrogen) atoms. The summed E-state index contributed by atoms with van der Waals surface area (Å²) in [7, 11) is 0. The fraction of sp³-hybridized carbons (Fsp3) is 0.529. The van der Waals surface area contributed by atoms with Gasteiger partial charge >= 0.3 is 0 Å². The lowest BCUT2D eigenvalue weighted by Gasteiger charge is -2.21. The van der Waals surface area contributed by atoms with Gasteiger partial charge in [0.05, 0.1) is 6.54 Å². The Morgan fingerprint density at radius 1 is 1.42 bits per heavy atom. The number of likely N-dealkylation sites (tertiary alicyclic amines) is 1. The molecule has 128 valence electrons. The monoisotopic (exact) mass is 330 g/mol.